The molecule has 0 aliphatic heterocycles. The lowest BCUT2D eigenvalue weighted by Gasteiger charge is -2.11. The highest BCUT2D eigenvalue weighted by atomic mass is 16.5. The molecule has 0 aromatic heterocycles. The first-order valence-electron chi connectivity index (χ1n) is 9.20. The van der Waals surface area contributed by atoms with Crippen LogP contribution in [-0.2, 0) is 16.0 Å². The van der Waals surface area contributed by atoms with Crippen molar-refractivity contribution in [1.82, 2.24) is 10.6 Å². The Kier molecular flexibility index (Phi) is 12.8. The minimum absolute atomic E-state index is 0.173. The molecule has 0 spiro atoms. The zero-order chi connectivity index (χ0) is 22.0. The number of ether oxygens (including phenoxy) is 2. The van der Waals surface area contributed by atoms with Gasteiger partial charge in [-0.25, -0.2) is 0 Å². The zero-order valence-electron chi connectivity index (χ0n) is 16.5. The Morgan fingerprint density at radius 2 is 1.33 bits per heavy atom. The third kappa shape index (κ3) is 10.3. The molecule has 0 heterocycles. The van der Waals surface area contributed by atoms with Gasteiger partial charge in [-0.1, -0.05) is 10.2 Å². The fraction of sp³-hybridized carbons (Fsp3) is 0.529. The Morgan fingerprint density at radius 1 is 0.867 bits per heavy atom. The van der Waals surface area contributed by atoms with E-state index in [4.69, 9.17) is 26.3 Å². The Balaban J connectivity index is 2.52. The first kappa shape index (κ1) is 24.7. The number of nitrogens with one attached hydrogen (secondary N) is 2. The van der Waals surface area contributed by atoms with Gasteiger partial charge in [-0.2, -0.15) is 0 Å². The molecular weight excluding hydrogens is 394 g/mol. The van der Waals surface area contributed by atoms with Crippen LogP contribution < -0.4 is 16.4 Å². The number of nitrogens with zero attached hydrogens (tertiary/aromatic N) is 6. The highest BCUT2D eigenvalue weighted by Crippen LogP contribution is 2.11. The number of carbonyl (C=O) groups excluding carboxylic acids is 2. The highest BCUT2D eigenvalue weighted by Gasteiger charge is 2.12. The third-order valence-corrected chi connectivity index (χ3v) is 3.61. The Labute approximate surface area is 173 Å². The topological polar surface area (TPSA) is 200 Å². The van der Waals surface area contributed by atoms with E-state index in [2.05, 4.69) is 30.7 Å². The number of azide groups is 2. The van der Waals surface area contributed by atoms with E-state index in [1.807, 2.05) is 0 Å². The van der Waals surface area contributed by atoms with Crippen molar-refractivity contribution in [2.45, 2.75) is 6.54 Å². The number of rotatable bonds is 15. The highest BCUT2D eigenvalue weighted by molar-refractivity contribution is 6.00. The van der Waals surface area contributed by atoms with Gasteiger partial charge in [0.2, 0.25) is 0 Å². The zero-order valence-corrected chi connectivity index (χ0v) is 16.5. The van der Waals surface area contributed by atoms with Gasteiger partial charge in [-0.15, -0.1) is 0 Å². The van der Waals surface area contributed by atoms with Crippen LogP contribution in [0.5, 0.6) is 0 Å². The van der Waals surface area contributed by atoms with E-state index in [0.29, 0.717) is 16.7 Å². The lowest BCUT2D eigenvalue weighted by molar-refractivity contribution is 0.0919. The van der Waals surface area contributed by atoms with Gasteiger partial charge in [0.05, 0.1) is 26.4 Å². The van der Waals surface area contributed by atoms with Crippen LogP contribution >= 0.6 is 0 Å². The summed E-state index contributed by atoms with van der Waals surface area (Å²) in [7, 11) is 0. The van der Waals surface area contributed by atoms with Crippen LogP contribution in [0.25, 0.3) is 20.9 Å². The number of amides is 2. The normalized spacial score (nSPS) is 9.90. The molecule has 1 aromatic rings. The molecule has 162 valence electrons. The minimum Gasteiger partial charge on any atom is -0.379 e. The van der Waals surface area contributed by atoms with Crippen molar-refractivity contribution in [3.8, 4) is 0 Å². The molecule has 0 fully saturated rings. The first-order valence-corrected chi connectivity index (χ1v) is 9.20. The van der Waals surface area contributed by atoms with Crippen molar-refractivity contribution in [1.29, 1.82) is 0 Å². The maximum Gasteiger partial charge on any atom is 0.251 e. The van der Waals surface area contributed by atoms with E-state index in [1.54, 1.807) is 12.1 Å². The van der Waals surface area contributed by atoms with Crippen LogP contribution in [0, 0.1) is 0 Å². The van der Waals surface area contributed by atoms with Crippen molar-refractivity contribution in [3.05, 3.63) is 55.8 Å². The molecular formula is C17H25N9O4. The van der Waals surface area contributed by atoms with E-state index in [-0.39, 0.29) is 71.0 Å². The van der Waals surface area contributed by atoms with Crippen LogP contribution in [0.1, 0.15) is 26.3 Å². The summed E-state index contributed by atoms with van der Waals surface area (Å²) in [4.78, 5) is 29.9. The van der Waals surface area contributed by atoms with Crippen molar-refractivity contribution < 1.29 is 19.1 Å². The number of benzene rings is 1. The SMILES string of the molecule is [N-]=[N+]=NCCOCCNC(=O)c1cc(CN)cc(C(=O)NCCOCCN=[N+]=[N-])c1. The number of hydrogen-bond acceptors (Lipinski definition) is 7. The van der Waals surface area contributed by atoms with Crippen molar-refractivity contribution in [2.24, 2.45) is 16.0 Å². The van der Waals surface area contributed by atoms with Gasteiger partial charge in [-0.3, -0.25) is 9.59 Å². The van der Waals surface area contributed by atoms with Crippen molar-refractivity contribution >= 4 is 11.8 Å². The van der Waals surface area contributed by atoms with Gasteiger partial charge >= 0.3 is 0 Å². The molecule has 0 aliphatic rings. The summed E-state index contributed by atoms with van der Waals surface area (Å²) in [5, 5.41) is 12.0. The molecule has 2 amide bonds. The molecule has 13 heteroatoms. The molecule has 4 N–H and O–H groups in total. The second-order valence-corrected chi connectivity index (χ2v) is 5.77. The average Bonchev–Trinajstić information content (AvgIpc) is 2.77. The van der Waals surface area contributed by atoms with Gasteiger partial charge in [-0.05, 0) is 34.8 Å². The molecule has 0 saturated carbocycles. The van der Waals surface area contributed by atoms with Crippen LogP contribution in [0.2, 0.25) is 0 Å². The Hall–Kier alpha value is -3.34. The Bertz CT molecular complexity index is 729. The lowest BCUT2D eigenvalue weighted by Crippen LogP contribution is -2.30. The summed E-state index contributed by atoms with van der Waals surface area (Å²) in [6.07, 6.45) is 0. The lowest BCUT2D eigenvalue weighted by atomic mass is 10.0. The summed E-state index contributed by atoms with van der Waals surface area (Å²) in [5.41, 5.74) is 23.3. The van der Waals surface area contributed by atoms with E-state index in [9.17, 15) is 9.59 Å². The Morgan fingerprint density at radius 3 is 1.73 bits per heavy atom. The quantitative estimate of drug-likeness (QED) is 0.166. The molecule has 1 rings (SSSR count). The predicted molar refractivity (Wildman–Crippen MR) is 109 cm³/mol. The summed E-state index contributed by atoms with van der Waals surface area (Å²) in [6.45, 7) is 2.19. The maximum atomic E-state index is 12.3. The molecule has 1 aromatic carbocycles. The van der Waals surface area contributed by atoms with Crippen molar-refractivity contribution in [3.63, 3.8) is 0 Å². The fourth-order valence-corrected chi connectivity index (χ4v) is 2.25. The summed E-state index contributed by atoms with van der Waals surface area (Å²) in [6, 6.07) is 4.72. The van der Waals surface area contributed by atoms with E-state index < -0.39 is 0 Å². The monoisotopic (exact) mass is 419 g/mol. The standard InChI is InChI=1S/C17H25N9O4/c18-12-13-9-14(16(27)21-1-5-29-7-3-23-25-19)11-15(10-13)17(28)22-2-6-30-8-4-24-26-20/h9-11H,1-8,12,18H2,(H,21,27)(H,22,28). The molecule has 0 unspecified atom stereocenters. The van der Waals surface area contributed by atoms with Crippen LogP contribution in [0.3, 0.4) is 0 Å². The summed E-state index contributed by atoms with van der Waals surface area (Å²) in [5.74, 6) is -0.723. The first-order chi connectivity index (χ1) is 14.6. The number of carbonyl (C=O) groups is 2. The second-order valence-electron chi connectivity index (χ2n) is 5.77. The van der Waals surface area contributed by atoms with Crippen LogP contribution in [0.4, 0.5) is 0 Å². The minimum atomic E-state index is -0.362. The van der Waals surface area contributed by atoms with E-state index in [0.717, 1.165) is 0 Å². The molecule has 0 saturated heterocycles. The van der Waals surface area contributed by atoms with Crippen molar-refractivity contribution in [2.75, 3.05) is 52.6 Å². The van der Waals surface area contributed by atoms with E-state index in [1.165, 1.54) is 6.07 Å². The fourth-order valence-electron chi connectivity index (χ4n) is 2.25. The predicted octanol–water partition coefficient (Wildman–Crippen LogP) is 1.26. The van der Waals surface area contributed by atoms with Crippen LogP contribution in [-0.4, -0.2) is 64.4 Å². The number of nitrogens with two attached hydrogens (primary N) is 1. The largest absolute Gasteiger partial charge is 0.379 e. The molecule has 30 heavy (non-hydrogen) atoms. The molecule has 0 aliphatic carbocycles. The summed E-state index contributed by atoms with van der Waals surface area (Å²) < 4.78 is 10.4. The third-order valence-electron chi connectivity index (χ3n) is 3.61. The van der Waals surface area contributed by atoms with Crippen LogP contribution in [0.15, 0.2) is 28.4 Å². The van der Waals surface area contributed by atoms with E-state index >= 15 is 0 Å². The summed E-state index contributed by atoms with van der Waals surface area (Å²) >= 11 is 0. The van der Waals surface area contributed by atoms with Gasteiger partial charge in [0.1, 0.15) is 0 Å². The molecule has 0 bridgehead atoms. The van der Waals surface area contributed by atoms with Gasteiger partial charge in [0.15, 0.2) is 0 Å². The maximum absolute atomic E-state index is 12.3. The average molecular weight is 419 g/mol. The van der Waals surface area contributed by atoms with Gasteiger partial charge in [0, 0.05) is 53.7 Å². The molecule has 0 radical (unpaired) electrons. The molecule has 13 nitrogen and oxygen atoms in total. The van der Waals surface area contributed by atoms with Gasteiger partial charge < -0.3 is 25.8 Å². The number of hydrogen-bond donors (Lipinski definition) is 3. The van der Waals surface area contributed by atoms with Gasteiger partial charge in [0.25, 0.3) is 11.8 Å². The smallest absolute Gasteiger partial charge is 0.251 e. The molecule has 0 atom stereocenters. The second kappa shape index (κ2) is 15.6.